The Hall–Kier alpha value is -0.650. The lowest BCUT2D eigenvalue weighted by Gasteiger charge is -2.28. The molecule has 2 fully saturated rings. The minimum atomic E-state index is -0.372. The highest BCUT2D eigenvalue weighted by atomic mass is 16.5. The molecule has 3 N–H and O–H groups in total. The molecule has 0 aromatic rings. The van der Waals surface area contributed by atoms with Gasteiger partial charge in [-0.05, 0) is 38.8 Å². The summed E-state index contributed by atoms with van der Waals surface area (Å²) in [7, 11) is 0. The van der Waals surface area contributed by atoms with Crippen LogP contribution in [0.25, 0.3) is 0 Å². The van der Waals surface area contributed by atoms with Gasteiger partial charge in [-0.1, -0.05) is 12.8 Å². The Kier molecular flexibility index (Phi) is 6.07. The van der Waals surface area contributed by atoms with E-state index in [-0.39, 0.29) is 18.1 Å². The molecule has 0 aromatic carbocycles. The summed E-state index contributed by atoms with van der Waals surface area (Å²) >= 11 is 0. The predicted molar refractivity (Wildman–Crippen MR) is 72.9 cm³/mol. The minimum Gasteiger partial charge on any atom is -0.391 e. The third kappa shape index (κ3) is 5.09. The van der Waals surface area contributed by atoms with E-state index in [1.165, 1.54) is 0 Å². The van der Waals surface area contributed by atoms with E-state index < -0.39 is 0 Å². The summed E-state index contributed by atoms with van der Waals surface area (Å²) in [6, 6.07) is -0.0554. The van der Waals surface area contributed by atoms with Crippen LogP contribution in [0, 0.1) is 0 Å². The van der Waals surface area contributed by atoms with Crippen molar-refractivity contribution in [2.45, 2.75) is 63.2 Å². The fourth-order valence-corrected chi connectivity index (χ4v) is 2.84. The Balaban J connectivity index is 1.58. The summed E-state index contributed by atoms with van der Waals surface area (Å²) in [4.78, 5) is 11.8. The van der Waals surface area contributed by atoms with Gasteiger partial charge in [-0.2, -0.15) is 0 Å². The van der Waals surface area contributed by atoms with Crippen molar-refractivity contribution in [3.63, 3.8) is 0 Å². The van der Waals surface area contributed by atoms with Gasteiger partial charge in [0.1, 0.15) is 0 Å². The van der Waals surface area contributed by atoms with Gasteiger partial charge in [-0.25, -0.2) is 0 Å². The molecule has 110 valence electrons. The molecule has 19 heavy (non-hydrogen) atoms. The molecule has 5 nitrogen and oxygen atoms in total. The fraction of sp³-hybridized carbons (Fsp3) is 0.929. The molecule has 2 aliphatic rings. The number of hydrogen-bond donors (Lipinski definition) is 3. The molecule has 2 atom stereocenters. The third-order valence-corrected chi connectivity index (χ3v) is 4.04. The van der Waals surface area contributed by atoms with E-state index in [4.69, 9.17) is 4.74 Å². The molecule has 2 unspecified atom stereocenters. The second-order valence-corrected chi connectivity index (χ2v) is 5.60. The van der Waals surface area contributed by atoms with E-state index in [0.717, 1.165) is 51.6 Å². The first-order chi connectivity index (χ1) is 9.25. The number of aliphatic hydroxyl groups excluding tert-OH is 1. The normalized spacial score (nSPS) is 29.1. The van der Waals surface area contributed by atoms with Gasteiger partial charge in [0, 0.05) is 6.42 Å². The van der Waals surface area contributed by atoms with Crippen LogP contribution in [-0.4, -0.2) is 49.0 Å². The van der Waals surface area contributed by atoms with Crippen LogP contribution in [0.3, 0.4) is 0 Å². The fourth-order valence-electron chi connectivity index (χ4n) is 2.84. The van der Waals surface area contributed by atoms with E-state index in [1.54, 1.807) is 0 Å². The molecule has 0 aromatic heterocycles. The smallest absolute Gasteiger partial charge is 0.222 e. The van der Waals surface area contributed by atoms with Crippen molar-refractivity contribution in [3.8, 4) is 0 Å². The highest BCUT2D eigenvalue weighted by Gasteiger charge is 2.24. The van der Waals surface area contributed by atoms with Crippen molar-refractivity contribution in [1.82, 2.24) is 10.6 Å². The summed E-state index contributed by atoms with van der Waals surface area (Å²) in [5.41, 5.74) is 0. The summed E-state index contributed by atoms with van der Waals surface area (Å²) in [5, 5.41) is 16.0. The number of nitrogens with one attached hydrogen (secondary N) is 2. The van der Waals surface area contributed by atoms with Crippen molar-refractivity contribution >= 4 is 5.91 Å². The predicted octanol–water partition coefficient (Wildman–Crippen LogP) is 0.565. The van der Waals surface area contributed by atoms with E-state index in [2.05, 4.69) is 10.6 Å². The topological polar surface area (TPSA) is 70.6 Å². The number of carbonyl (C=O) groups excluding carboxylic acids is 1. The monoisotopic (exact) mass is 270 g/mol. The molecule has 0 radical (unpaired) electrons. The number of hydrogen-bond acceptors (Lipinski definition) is 4. The number of aliphatic hydroxyl groups is 1. The number of ether oxygens (including phenoxy) is 1. The first-order valence-electron chi connectivity index (χ1n) is 7.55. The van der Waals surface area contributed by atoms with Crippen molar-refractivity contribution in [2.75, 3.05) is 19.7 Å². The van der Waals surface area contributed by atoms with Crippen molar-refractivity contribution in [1.29, 1.82) is 0 Å². The maximum absolute atomic E-state index is 11.8. The van der Waals surface area contributed by atoms with E-state index in [9.17, 15) is 9.90 Å². The van der Waals surface area contributed by atoms with Gasteiger partial charge in [0.25, 0.3) is 0 Å². The van der Waals surface area contributed by atoms with Crippen LogP contribution in [-0.2, 0) is 9.53 Å². The summed E-state index contributed by atoms with van der Waals surface area (Å²) < 4.78 is 5.71. The van der Waals surface area contributed by atoms with Crippen LogP contribution < -0.4 is 10.6 Å². The van der Waals surface area contributed by atoms with Gasteiger partial charge in [0.15, 0.2) is 0 Å². The molecule has 1 aliphatic heterocycles. The average Bonchev–Trinajstić information content (AvgIpc) is 2.43. The largest absolute Gasteiger partial charge is 0.391 e. The number of piperidine rings is 1. The van der Waals surface area contributed by atoms with E-state index >= 15 is 0 Å². The SMILES string of the molecule is O=C(CCOC1CCNCC1)NC1CCCCC1O. The summed E-state index contributed by atoms with van der Waals surface area (Å²) in [5.74, 6) is -0.000107. The molecule has 2 rings (SSSR count). The van der Waals surface area contributed by atoms with Gasteiger partial charge in [-0.15, -0.1) is 0 Å². The maximum Gasteiger partial charge on any atom is 0.222 e. The standard InChI is InChI=1S/C14H26N2O3/c17-13-4-2-1-3-12(13)16-14(18)7-10-19-11-5-8-15-9-6-11/h11-13,15,17H,1-10H2,(H,16,18). The highest BCUT2D eigenvalue weighted by molar-refractivity contribution is 5.76. The minimum absolute atomic E-state index is 0.000107. The lowest BCUT2D eigenvalue weighted by Crippen LogP contribution is -2.45. The van der Waals surface area contributed by atoms with Gasteiger partial charge < -0.3 is 20.5 Å². The van der Waals surface area contributed by atoms with Gasteiger partial charge in [0.2, 0.25) is 5.91 Å². The quantitative estimate of drug-likeness (QED) is 0.683. The van der Waals surface area contributed by atoms with Gasteiger partial charge in [-0.3, -0.25) is 4.79 Å². The van der Waals surface area contributed by atoms with Crippen molar-refractivity contribution < 1.29 is 14.6 Å². The molecule has 0 spiro atoms. The van der Waals surface area contributed by atoms with Crippen LogP contribution in [0.4, 0.5) is 0 Å². The number of carbonyl (C=O) groups is 1. The summed E-state index contributed by atoms with van der Waals surface area (Å²) in [6.45, 7) is 2.50. The van der Waals surface area contributed by atoms with Crippen molar-refractivity contribution in [3.05, 3.63) is 0 Å². The highest BCUT2D eigenvalue weighted by Crippen LogP contribution is 2.18. The number of amides is 1. The van der Waals surface area contributed by atoms with E-state index in [1.807, 2.05) is 0 Å². The van der Waals surface area contributed by atoms with Crippen molar-refractivity contribution in [2.24, 2.45) is 0 Å². The van der Waals surface area contributed by atoms with Crippen LogP contribution >= 0.6 is 0 Å². The second-order valence-electron chi connectivity index (χ2n) is 5.60. The van der Waals surface area contributed by atoms with Gasteiger partial charge in [0.05, 0.1) is 24.9 Å². The molecule has 1 aliphatic carbocycles. The van der Waals surface area contributed by atoms with Crippen LogP contribution in [0.5, 0.6) is 0 Å². The lowest BCUT2D eigenvalue weighted by molar-refractivity contribution is -0.124. The molecular formula is C14H26N2O3. The van der Waals surface area contributed by atoms with Crippen LogP contribution in [0.2, 0.25) is 0 Å². The molecule has 1 heterocycles. The van der Waals surface area contributed by atoms with E-state index in [0.29, 0.717) is 19.1 Å². The first kappa shape index (κ1) is 14.8. The molecule has 1 saturated carbocycles. The Labute approximate surface area is 115 Å². The zero-order valence-corrected chi connectivity index (χ0v) is 11.6. The summed E-state index contributed by atoms with van der Waals surface area (Å²) in [6.07, 6.45) is 6.23. The zero-order valence-electron chi connectivity index (χ0n) is 11.6. The first-order valence-corrected chi connectivity index (χ1v) is 7.55. The number of rotatable bonds is 5. The Bertz CT molecular complexity index is 280. The third-order valence-electron chi connectivity index (χ3n) is 4.04. The van der Waals surface area contributed by atoms with Crippen LogP contribution in [0.1, 0.15) is 44.9 Å². The molecule has 1 amide bonds. The lowest BCUT2D eigenvalue weighted by atomic mass is 9.92. The zero-order chi connectivity index (χ0) is 13.5. The Morgan fingerprint density at radius 2 is 1.95 bits per heavy atom. The molecule has 5 heteroatoms. The maximum atomic E-state index is 11.8. The molecule has 0 bridgehead atoms. The second kappa shape index (κ2) is 7.82. The Morgan fingerprint density at radius 3 is 2.68 bits per heavy atom. The van der Waals surface area contributed by atoms with Crippen LogP contribution in [0.15, 0.2) is 0 Å². The molecular weight excluding hydrogens is 244 g/mol. The Morgan fingerprint density at radius 1 is 1.21 bits per heavy atom. The molecule has 1 saturated heterocycles. The average molecular weight is 270 g/mol. The van der Waals surface area contributed by atoms with Gasteiger partial charge >= 0.3 is 0 Å².